The van der Waals surface area contributed by atoms with Gasteiger partial charge in [0.2, 0.25) is 12.7 Å². The van der Waals surface area contributed by atoms with E-state index in [1.54, 1.807) is 6.33 Å². The predicted octanol–water partition coefficient (Wildman–Crippen LogP) is 1.97. The fraction of sp³-hybridized carbons (Fsp3) is 0.474. The van der Waals surface area contributed by atoms with E-state index in [-0.39, 0.29) is 12.7 Å². The highest BCUT2D eigenvalue weighted by molar-refractivity contribution is 5.76. The zero-order valence-corrected chi connectivity index (χ0v) is 15.6. The molecule has 1 aliphatic rings. The van der Waals surface area contributed by atoms with Crippen molar-refractivity contribution in [1.29, 1.82) is 0 Å². The summed E-state index contributed by atoms with van der Waals surface area (Å²) >= 11 is 0. The van der Waals surface area contributed by atoms with Crippen LogP contribution in [-0.4, -0.2) is 59.7 Å². The van der Waals surface area contributed by atoms with Crippen molar-refractivity contribution in [3.63, 3.8) is 0 Å². The van der Waals surface area contributed by atoms with Crippen LogP contribution in [0.3, 0.4) is 0 Å². The summed E-state index contributed by atoms with van der Waals surface area (Å²) < 4.78 is 10.7. The Morgan fingerprint density at radius 1 is 1.23 bits per heavy atom. The highest BCUT2D eigenvalue weighted by Crippen LogP contribution is 2.32. The number of aromatic amines is 1. The topological polar surface area (TPSA) is 70.7 Å². The number of imidazole rings is 1. The molecule has 7 nitrogen and oxygen atoms in total. The van der Waals surface area contributed by atoms with Crippen molar-refractivity contribution in [3.05, 3.63) is 41.5 Å². The van der Waals surface area contributed by atoms with Crippen LogP contribution >= 0.6 is 0 Å². The van der Waals surface area contributed by atoms with Crippen molar-refractivity contribution in [1.82, 2.24) is 19.8 Å². The van der Waals surface area contributed by atoms with Gasteiger partial charge in [0, 0.05) is 25.2 Å². The molecule has 0 bridgehead atoms. The summed E-state index contributed by atoms with van der Waals surface area (Å²) in [5.41, 5.74) is 3.00. The molecule has 0 atom stereocenters. The van der Waals surface area contributed by atoms with Gasteiger partial charge in [0.25, 0.3) is 0 Å². The molecule has 7 heteroatoms. The number of aromatic nitrogens is 2. The number of carbonyl (C=O) groups is 1. The van der Waals surface area contributed by atoms with Crippen LogP contribution in [0.5, 0.6) is 11.5 Å². The number of aryl methyl sites for hydroxylation is 2. The molecule has 1 aromatic heterocycles. The third kappa shape index (κ3) is 4.54. The van der Waals surface area contributed by atoms with Gasteiger partial charge in [-0.05, 0) is 45.1 Å². The summed E-state index contributed by atoms with van der Waals surface area (Å²) in [6.07, 6.45) is 2.80. The molecule has 0 aliphatic carbocycles. The Morgan fingerprint density at radius 2 is 2.04 bits per heavy atom. The molecule has 0 fully saturated rings. The molecule has 0 spiro atoms. The maximum Gasteiger partial charge on any atom is 0.231 e. The fourth-order valence-electron chi connectivity index (χ4n) is 2.85. The van der Waals surface area contributed by atoms with Crippen molar-refractivity contribution >= 4 is 5.91 Å². The standard InChI is InChI=1S/C19H26N4O3/c1-14-16(21-12-20-14)11-23(9-8-22(2)3)19(24)7-5-15-4-6-17-18(10-15)26-13-25-17/h4,6,10,12H,5,7-9,11,13H2,1-3H3,(H,20,21). The first-order valence-electron chi connectivity index (χ1n) is 8.83. The van der Waals surface area contributed by atoms with E-state index < -0.39 is 0 Å². The lowest BCUT2D eigenvalue weighted by Gasteiger charge is -2.24. The minimum atomic E-state index is 0.131. The zero-order chi connectivity index (χ0) is 18.5. The van der Waals surface area contributed by atoms with E-state index in [0.717, 1.165) is 35.0 Å². The van der Waals surface area contributed by atoms with Gasteiger partial charge in [-0.1, -0.05) is 6.07 Å². The van der Waals surface area contributed by atoms with Gasteiger partial charge in [0.1, 0.15) is 0 Å². The molecule has 1 amide bonds. The van der Waals surface area contributed by atoms with Crippen LogP contribution in [0.1, 0.15) is 23.4 Å². The molecule has 26 heavy (non-hydrogen) atoms. The van der Waals surface area contributed by atoms with Gasteiger partial charge in [0.15, 0.2) is 11.5 Å². The Hall–Kier alpha value is -2.54. The summed E-state index contributed by atoms with van der Waals surface area (Å²) in [5, 5.41) is 0. The van der Waals surface area contributed by atoms with Crippen molar-refractivity contribution in [2.45, 2.75) is 26.3 Å². The number of rotatable bonds is 8. The van der Waals surface area contributed by atoms with Gasteiger partial charge in [-0.2, -0.15) is 0 Å². The molecular formula is C19H26N4O3. The molecule has 140 valence electrons. The lowest BCUT2D eigenvalue weighted by molar-refractivity contribution is -0.132. The fourth-order valence-corrected chi connectivity index (χ4v) is 2.85. The Kier molecular flexibility index (Phi) is 5.78. The van der Waals surface area contributed by atoms with E-state index in [9.17, 15) is 4.79 Å². The first-order chi connectivity index (χ1) is 12.5. The van der Waals surface area contributed by atoms with E-state index in [0.29, 0.717) is 25.9 Å². The Balaban J connectivity index is 1.61. The number of ether oxygens (including phenoxy) is 2. The minimum Gasteiger partial charge on any atom is -0.454 e. The maximum absolute atomic E-state index is 12.8. The second-order valence-corrected chi connectivity index (χ2v) is 6.78. The zero-order valence-electron chi connectivity index (χ0n) is 15.6. The monoisotopic (exact) mass is 358 g/mol. The summed E-state index contributed by atoms with van der Waals surface area (Å²) in [6.45, 7) is 4.27. The van der Waals surface area contributed by atoms with E-state index in [4.69, 9.17) is 9.47 Å². The van der Waals surface area contributed by atoms with Gasteiger partial charge in [0.05, 0.1) is 18.6 Å². The van der Waals surface area contributed by atoms with E-state index in [1.807, 2.05) is 44.1 Å². The Morgan fingerprint density at radius 3 is 2.77 bits per heavy atom. The number of fused-ring (bicyclic) bond motifs is 1. The van der Waals surface area contributed by atoms with E-state index in [1.165, 1.54) is 0 Å². The SMILES string of the molecule is Cc1[nH]cnc1CN(CCN(C)C)C(=O)CCc1ccc2c(c1)OCO2. The van der Waals surface area contributed by atoms with Gasteiger partial charge < -0.3 is 24.3 Å². The summed E-state index contributed by atoms with van der Waals surface area (Å²) in [4.78, 5) is 24.2. The first-order valence-corrected chi connectivity index (χ1v) is 8.83. The lowest BCUT2D eigenvalue weighted by Crippen LogP contribution is -2.36. The number of nitrogens with one attached hydrogen (secondary N) is 1. The molecule has 0 saturated carbocycles. The normalized spacial score (nSPS) is 12.6. The van der Waals surface area contributed by atoms with Crippen molar-refractivity contribution in [2.75, 3.05) is 34.0 Å². The molecule has 1 aromatic carbocycles. The number of likely N-dealkylation sites (N-methyl/N-ethyl adjacent to an activating group) is 1. The highest BCUT2D eigenvalue weighted by atomic mass is 16.7. The molecule has 0 unspecified atom stereocenters. The molecule has 3 rings (SSSR count). The van der Waals surface area contributed by atoms with E-state index >= 15 is 0 Å². The maximum atomic E-state index is 12.8. The smallest absolute Gasteiger partial charge is 0.231 e. The van der Waals surface area contributed by atoms with Crippen LogP contribution in [0.4, 0.5) is 0 Å². The molecule has 2 heterocycles. The lowest BCUT2D eigenvalue weighted by atomic mass is 10.1. The number of amides is 1. The number of benzene rings is 1. The Labute approximate surface area is 153 Å². The number of hydrogen-bond donors (Lipinski definition) is 1. The number of carbonyl (C=O) groups excluding carboxylic acids is 1. The van der Waals surface area contributed by atoms with Crippen LogP contribution < -0.4 is 9.47 Å². The van der Waals surface area contributed by atoms with Crippen molar-refractivity contribution in [3.8, 4) is 11.5 Å². The van der Waals surface area contributed by atoms with Crippen LogP contribution in [0.25, 0.3) is 0 Å². The van der Waals surface area contributed by atoms with Gasteiger partial charge in [-0.15, -0.1) is 0 Å². The number of hydrogen-bond acceptors (Lipinski definition) is 5. The van der Waals surface area contributed by atoms with Gasteiger partial charge in [-0.25, -0.2) is 4.98 Å². The van der Waals surface area contributed by atoms with Gasteiger partial charge in [-0.3, -0.25) is 4.79 Å². The summed E-state index contributed by atoms with van der Waals surface area (Å²) in [5.74, 6) is 1.65. The predicted molar refractivity (Wildman–Crippen MR) is 98.2 cm³/mol. The van der Waals surface area contributed by atoms with Crippen LogP contribution in [0.15, 0.2) is 24.5 Å². The van der Waals surface area contributed by atoms with Crippen LogP contribution in [0, 0.1) is 6.92 Å². The molecule has 2 aromatic rings. The summed E-state index contributed by atoms with van der Waals surface area (Å²) in [7, 11) is 4.02. The number of H-pyrrole nitrogens is 1. The minimum absolute atomic E-state index is 0.131. The van der Waals surface area contributed by atoms with E-state index in [2.05, 4.69) is 14.9 Å². The highest BCUT2D eigenvalue weighted by Gasteiger charge is 2.18. The molecule has 1 N–H and O–H groups in total. The molecule has 0 radical (unpaired) electrons. The van der Waals surface area contributed by atoms with Gasteiger partial charge >= 0.3 is 0 Å². The second-order valence-electron chi connectivity index (χ2n) is 6.78. The average Bonchev–Trinajstić information content (AvgIpc) is 3.24. The average molecular weight is 358 g/mol. The van der Waals surface area contributed by atoms with Crippen LogP contribution in [0.2, 0.25) is 0 Å². The second kappa shape index (κ2) is 8.23. The summed E-state index contributed by atoms with van der Waals surface area (Å²) in [6, 6.07) is 5.85. The third-order valence-corrected chi connectivity index (χ3v) is 4.51. The molecule has 1 aliphatic heterocycles. The first kappa shape index (κ1) is 18.3. The quantitative estimate of drug-likeness (QED) is 0.781. The van der Waals surface area contributed by atoms with Crippen LogP contribution in [-0.2, 0) is 17.8 Å². The largest absolute Gasteiger partial charge is 0.454 e. The molecule has 0 saturated heterocycles. The Bertz CT molecular complexity index is 757. The number of nitrogens with zero attached hydrogens (tertiary/aromatic N) is 3. The molecular weight excluding hydrogens is 332 g/mol. The third-order valence-electron chi connectivity index (χ3n) is 4.51. The van der Waals surface area contributed by atoms with Crippen molar-refractivity contribution in [2.24, 2.45) is 0 Å². The van der Waals surface area contributed by atoms with Crippen molar-refractivity contribution < 1.29 is 14.3 Å².